The number of hydrogen-bond acceptors (Lipinski definition) is 6. The van der Waals surface area contributed by atoms with Gasteiger partial charge in [-0.25, -0.2) is 4.79 Å². The third kappa shape index (κ3) is 4.28. The van der Waals surface area contributed by atoms with E-state index in [-0.39, 0.29) is 31.0 Å². The zero-order chi connectivity index (χ0) is 18.7. The number of amides is 1. The maximum Gasteiger partial charge on any atom is 0.343 e. The van der Waals surface area contributed by atoms with Gasteiger partial charge < -0.3 is 25.3 Å². The number of halogens is 1. The molecule has 1 aliphatic carbocycles. The maximum atomic E-state index is 12.6. The summed E-state index contributed by atoms with van der Waals surface area (Å²) in [6.07, 6.45) is 0.461. The van der Waals surface area contributed by atoms with Gasteiger partial charge >= 0.3 is 5.97 Å². The molecule has 26 heavy (non-hydrogen) atoms. The fraction of sp³-hybridized carbons (Fsp3) is 0.556. The maximum absolute atomic E-state index is 12.6. The summed E-state index contributed by atoms with van der Waals surface area (Å²) in [6.45, 7) is 6.25. The summed E-state index contributed by atoms with van der Waals surface area (Å²) in [6, 6.07) is 6.71. The Bertz CT molecular complexity index is 635. The van der Waals surface area contributed by atoms with Crippen LogP contribution in [0.5, 0.6) is 5.75 Å². The second-order valence-electron chi connectivity index (χ2n) is 6.68. The van der Waals surface area contributed by atoms with Crippen molar-refractivity contribution in [3.8, 4) is 5.75 Å². The molecule has 0 bridgehead atoms. The normalized spacial score (nSPS) is 23.2. The number of methoxy groups -OCH3 is 1. The van der Waals surface area contributed by atoms with Gasteiger partial charge in [-0.05, 0) is 31.2 Å². The molecular weight excluding hydrogens is 360 g/mol. The van der Waals surface area contributed by atoms with Gasteiger partial charge in [0.2, 0.25) is 5.91 Å². The van der Waals surface area contributed by atoms with Crippen molar-refractivity contribution >= 4 is 30.0 Å². The smallest absolute Gasteiger partial charge is 0.343 e. The first-order valence-corrected chi connectivity index (χ1v) is 8.26. The molecule has 1 aromatic rings. The fourth-order valence-corrected chi connectivity index (χ4v) is 2.90. The number of nitrogens with one attached hydrogen (secondary N) is 1. The SMILES string of the molecule is CCOC1CC(N)(C(=O)Nc2ccc(OCC(=O)OC)cc2)C1(C)C.Cl. The predicted octanol–water partition coefficient (Wildman–Crippen LogP) is 2.13. The van der Waals surface area contributed by atoms with Crippen LogP contribution in [0.3, 0.4) is 0 Å². The predicted molar refractivity (Wildman–Crippen MR) is 101 cm³/mol. The topological polar surface area (TPSA) is 99.9 Å². The minimum absolute atomic E-state index is 0. The molecule has 3 N–H and O–H groups in total. The number of rotatable bonds is 7. The van der Waals surface area contributed by atoms with Crippen molar-refractivity contribution in [2.24, 2.45) is 11.1 Å². The molecule has 0 radical (unpaired) electrons. The standard InChI is InChI=1S/C18H26N2O5.ClH/c1-5-24-14-10-18(19,17(14,2)3)16(22)20-12-6-8-13(9-7-12)25-11-15(21)23-4;/h6-9,14H,5,10-11,19H2,1-4H3,(H,20,22);1H. The van der Waals surface area contributed by atoms with Gasteiger partial charge in [0.25, 0.3) is 0 Å². The molecule has 0 heterocycles. The van der Waals surface area contributed by atoms with Gasteiger partial charge in [0, 0.05) is 24.1 Å². The molecule has 0 aliphatic heterocycles. The summed E-state index contributed by atoms with van der Waals surface area (Å²) >= 11 is 0. The van der Waals surface area contributed by atoms with E-state index in [4.69, 9.17) is 15.2 Å². The van der Waals surface area contributed by atoms with Crippen LogP contribution in [0.1, 0.15) is 27.2 Å². The summed E-state index contributed by atoms with van der Waals surface area (Å²) < 4.78 is 15.4. The van der Waals surface area contributed by atoms with Crippen LogP contribution in [-0.4, -0.2) is 43.8 Å². The Kier molecular flexibility index (Phi) is 7.44. The van der Waals surface area contributed by atoms with Crippen molar-refractivity contribution < 1.29 is 23.8 Å². The van der Waals surface area contributed by atoms with Gasteiger partial charge in [-0.3, -0.25) is 4.79 Å². The van der Waals surface area contributed by atoms with E-state index in [9.17, 15) is 9.59 Å². The van der Waals surface area contributed by atoms with E-state index in [1.165, 1.54) is 7.11 Å². The van der Waals surface area contributed by atoms with Crippen LogP contribution in [-0.2, 0) is 19.1 Å². The molecule has 1 fully saturated rings. The Morgan fingerprint density at radius 2 is 1.88 bits per heavy atom. The molecule has 1 amide bonds. The highest BCUT2D eigenvalue weighted by Gasteiger charge is 2.62. The number of nitrogens with two attached hydrogens (primary N) is 1. The van der Waals surface area contributed by atoms with E-state index >= 15 is 0 Å². The molecule has 0 spiro atoms. The third-order valence-corrected chi connectivity index (χ3v) is 4.93. The molecule has 2 unspecified atom stereocenters. The monoisotopic (exact) mass is 386 g/mol. The molecule has 7 nitrogen and oxygen atoms in total. The number of anilines is 1. The molecular formula is C18H27ClN2O5. The molecule has 0 aromatic heterocycles. The molecule has 0 saturated heterocycles. The Labute approximate surface area is 160 Å². The lowest BCUT2D eigenvalue weighted by Gasteiger charge is -2.57. The lowest BCUT2D eigenvalue weighted by atomic mass is 9.54. The number of carbonyl (C=O) groups excluding carboxylic acids is 2. The summed E-state index contributed by atoms with van der Waals surface area (Å²) in [7, 11) is 1.30. The van der Waals surface area contributed by atoms with Crippen LogP contribution in [0, 0.1) is 5.41 Å². The number of benzene rings is 1. The molecule has 8 heteroatoms. The average molecular weight is 387 g/mol. The second-order valence-corrected chi connectivity index (χ2v) is 6.68. The van der Waals surface area contributed by atoms with Crippen LogP contribution in [0.4, 0.5) is 5.69 Å². The highest BCUT2D eigenvalue weighted by Crippen LogP contribution is 2.50. The van der Waals surface area contributed by atoms with Crippen LogP contribution in [0.25, 0.3) is 0 Å². The number of esters is 1. The molecule has 146 valence electrons. The summed E-state index contributed by atoms with van der Waals surface area (Å²) in [4.78, 5) is 23.7. The fourth-order valence-electron chi connectivity index (χ4n) is 2.90. The molecule has 2 atom stereocenters. The minimum atomic E-state index is -0.979. The number of carbonyl (C=O) groups is 2. The first-order chi connectivity index (χ1) is 11.7. The summed E-state index contributed by atoms with van der Waals surface area (Å²) in [5.41, 5.74) is 5.53. The summed E-state index contributed by atoms with van der Waals surface area (Å²) in [5.74, 6) is -0.193. The first kappa shape index (κ1) is 22.2. The highest BCUT2D eigenvalue weighted by molar-refractivity contribution is 5.99. The van der Waals surface area contributed by atoms with Crippen LogP contribution < -0.4 is 15.8 Å². The number of ether oxygens (including phenoxy) is 3. The van der Waals surface area contributed by atoms with Crippen molar-refractivity contribution in [1.82, 2.24) is 0 Å². The quantitative estimate of drug-likeness (QED) is 0.696. The van der Waals surface area contributed by atoms with Crippen molar-refractivity contribution in [3.63, 3.8) is 0 Å². The summed E-state index contributed by atoms with van der Waals surface area (Å²) in [5, 5.41) is 2.84. The minimum Gasteiger partial charge on any atom is -0.482 e. The van der Waals surface area contributed by atoms with Crippen LogP contribution in [0.15, 0.2) is 24.3 Å². The Morgan fingerprint density at radius 3 is 2.38 bits per heavy atom. The van der Waals surface area contributed by atoms with Gasteiger partial charge in [-0.1, -0.05) is 13.8 Å². The van der Waals surface area contributed by atoms with Gasteiger partial charge in [0.1, 0.15) is 11.3 Å². The third-order valence-electron chi connectivity index (χ3n) is 4.93. The van der Waals surface area contributed by atoms with Crippen molar-refractivity contribution in [2.75, 3.05) is 25.6 Å². The van der Waals surface area contributed by atoms with E-state index in [0.717, 1.165) is 0 Å². The zero-order valence-electron chi connectivity index (χ0n) is 15.5. The van der Waals surface area contributed by atoms with E-state index < -0.39 is 16.9 Å². The van der Waals surface area contributed by atoms with Crippen LogP contribution >= 0.6 is 12.4 Å². The highest BCUT2D eigenvalue weighted by atomic mass is 35.5. The van der Waals surface area contributed by atoms with Crippen molar-refractivity contribution in [1.29, 1.82) is 0 Å². The second kappa shape index (κ2) is 8.70. The molecule has 1 aliphatic rings. The van der Waals surface area contributed by atoms with Gasteiger partial charge in [-0.15, -0.1) is 12.4 Å². The van der Waals surface area contributed by atoms with E-state index in [1.54, 1.807) is 24.3 Å². The van der Waals surface area contributed by atoms with E-state index in [2.05, 4.69) is 10.1 Å². The Hall–Kier alpha value is -1.83. The van der Waals surface area contributed by atoms with E-state index in [1.807, 2.05) is 20.8 Å². The zero-order valence-corrected chi connectivity index (χ0v) is 16.4. The lowest BCUT2D eigenvalue weighted by molar-refractivity contribution is -0.166. The lowest BCUT2D eigenvalue weighted by Crippen LogP contribution is -2.74. The first-order valence-electron chi connectivity index (χ1n) is 8.26. The van der Waals surface area contributed by atoms with Gasteiger partial charge in [-0.2, -0.15) is 0 Å². The largest absolute Gasteiger partial charge is 0.482 e. The van der Waals surface area contributed by atoms with Crippen molar-refractivity contribution in [2.45, 2.75) is 38.8 Å². The number of hydrogen-bond donors (Lipinski definition) is 2. The van der Waals surface area contributed by atoms with Gasteiger partial charge in [0.05, 0.1) is 13.2 Å². The molecule has 1 aromatic carbocycles. The van der Waals surface area contributed by atoms with Gasteiger partial charge in [0.15, 0.2) is 6.61 Å². The molecule has 2 rings (SSSR count). The van der Waals surface area contributed by atoms with Crippen molar-refractivity contribution in [3.05, 3.63) is 24.3 Å². The van der Waals surface area contributed by atoms with E-state index in [0.29, 0.717) is 24.5 Å². The molecule has 1 saturated carbocycles. The average Bonchev–Trinajstić information content (AvgIpc) is 2.60. The Balaban J connectivity index is 0.00000338. The van der Waals surface area contributed by atoms with Crippen LogP contribution in [0.2, 0.25) is 0 Å². The Morgan fingerprint density at radius 1 is 1.27 bits per heavy atom.